The molecular formula is C26H33N5O4S3. The van der Waals surface area contributed by atoms with Crippen LogP contribution in [0.2, 0.25) is 0 Å². The van der Waals surface area contributed by atoms with E-state index in [1.54, 1.807) is 32.1 Å². The number of fused-ring (bicyclic) bond motifs is 1. The van der Waals surface area contributed by atoms with E-state index in [1.807, 2.05) is 0 Å². The number of thiophene rings is 2. The maximum Gasteiger partial charge on any atom is 0.341 e. The van der Waals surface area contributed by atoms with Crippen LogP contribution in [-0.2, 0) is 28.9 Å². The number of hydrogen-bond donors (Lipinski definition) is 2. The van der Waals surface area contributed by atoms with Crippen LogP contribution in [0.4, 0.5) is 5.00 Å². The van der Waals surface area contributed by atoms with E-state index < -0.39 is 11.9 Å². The number of aromatic nitrogens is 3. The summed E-state index contributed by atoms with van der Waals surface area (Å²) in [5.41, 5.74) is 8.57. The first kappa shape index (κ1) is 28.3. The van der Waals surface area contributed by atoms with Gasteiger partial charge in [0.05, 0.1) is 22.3 Å². The molecule has 0 bridgehead atoms. The van der Waals surface area contributed by atoms with Gasteiger partial charge in [0, 0.05) is 22.4 Å². The molecule has 4 rings (SSSR count). The molecule has 0 aromatic carbocycles. The van der Waals surface area contributed by atoms with Gasteiger partial charge in [-0.2, -0.15) is 0 Å². The van der Waals surface area contributed by atoms with Crippen molar-refractivity contribution >= 4 is 57.2 Å². The molecule has 0 saturated heterocycles. The number of primary amides is 1. The summed E-state index contributed by atoms with van der Waals surface area (Å²) in [7, 11) is 0. The highest BCUT2D eigenvalue weighted by Gasteiger charge is 2.27. The normalized spacial score (nSPS) is 14.9. The van der Waals surface area contributed by atoms with Crippen molar-refractivity contribution < 1.29 is 19.1 Å². The number of esters is 1. The van der Waals surface area contributed by atoms with Crippen molar-refractivity contribution in [2.24, 2.45) is 11.7 Å². The summed E-state index contributed by atoms with van der Waals surface area (Å²) in [6.45, 7) is 10.2. The molecule has 0 spiro atoms. The Balaban J connectivity index is 1.52. The monoisotopic (exact) mass is 575 g/mol. The number of nitrogens with zero attached hydrogens (tertiary/aromatic N) is 3. The second kappa shape index (κ2) is 12.0. The van der Waals surface area contributed by atoms with Gasteiger partial charge < -0.3 is 20.4 Å². The van der Waals surface area contributed by atoms with Crippen LogP contribution in [0.15, 0.2) is 10.5 Å². The minimum absolute atomic E-state index is 0.0582. The van der Waals surface area contributed by atoms with Gasteiger partial charge in [-0.15, -0.1) is 32.9 Å². The van der Waals surface area contributed by atoms with E-state index in [0.717, 1.165) is 48.5 Å². The minimum atomic E-state index is -0.661. The van der Waals surface area contributed by atoms with Gasteiger partial charge in [-0.25, -0.2) is 4.79 Å². The minimum Gasteiger partial charge on any atom is -0.459 e. The predicted molar refractivity (Wildman–Crippen MR) is 152 cm³/mol. The van der Waals surface area contributed by atoms with Gasteiger partial charge >= 0.3 is 5.97 Å². The number of hydrogen-bond acceptors (Lipinski definition) is 9. The maximum atomic E-state index is 13.0. The van der Waals surface area contributed by atoms with Crippen molar-refractivity contribution in [2.45, 2.75) is 78.1 Å². The van der Waals surface area contributed by atoms with Crippen LogP contribution in [0, 0.1) is 12.8 Å². The van der Waals surface area contributed by atoms with Crippen LogP contribution >= 0.6 is 34.4 Å². The molecule has 9 nitrogen and oxygen atoms in total. The average molecular weight is 576 g/mol. The molecule has 1 atom stereocenters. The van der Waals surface area contributed by atoms with E-state index in [9.17, 15) is 14.4 Å². The van der Waals surface area contributed by atoms with Crippen LogP contribution in [0.25, 0.3) is 11.4 Å². The Labute approximate surface area is 234 Å². The fraction of sp³-hybridized carbons (Fsp3) is 0.500. The van der Waals surface area contributed by atoms with E-state index in [4.69, 9.17) is 10.5 Å². The molecule has 1 aliphatic carbocycles. The van der Waals surface area contributed by atoms with Crippen molar-refractivity contribution in [1.82, 2.24) is 14.8 Å². The van der Waals surface area contributed by atoms with Gasteiger partial charge in [-0.3, -0.25) is 9.59 Å². The van der Waals surface area contributed by atoms with Crippen LogP contribution in [-0.4, -0.2) is 44.4 Å². The van der Waals surface area contributed by atoms with Crippen LogP contribution in [0.1, 0.15) is 76.6 Å². The Bertz CT molecular complexity index is 1360. The zero-order chi connectivity index (χ0) is 27.6. The lowest BCUT2D eigenvalue weighted by molar-refractivity contribution is -0.113. The first-order chi connectivity index (χ1) is 18.1. The zero-order valence-electron chi connectivity index (χ0n) is 22.3. The number of nitrogens with one attached hydrogen (secondary N) is 1. The Morgan fingerprint density at radius 3 is 2.76 bits per heavy atom. The highest BCUT2D eigenvalue weighted by Crippen LogP contribution is 2.39. The smallest absolute Gasteiger partial charge is 0.341 e. The molecule has 3 aromatic heterocycles. The molecule has 38 heavy (non-hydrogen) atoms. The quantitative estimate of drug-likeness (QED) is 0.248. The number of anilines is 1. The molecule has 3 heterocycles. The first-order valence-electron chi connectivity index (χ1n) is 12.7. The lowest BCUT2D eigenvalue weighted by Crippen LogP contribution is -2.18. The molecule has 0 saturated carbocycles. The van der Waals surface area contributed by atoms with Crippen molar-refractivity contribution in [3.05, 3.63) is 31.8 Å². The third-order valence-corrected chi connectivity index (χ3v) is 9.55. The zero-order valence-corrected chi connectivity index (χ0v) is 24.7. The third kappa shape index (κ3) is 5.97. The molecule has 2 amide bonds. The summed E-state index contributed by atoms with van der Waals surface area (Å²) in [6, 6.07) is 0. The predicted octanol–water partition coefficient (Wildman–Crippen LogP) is 5.31. The van der Waals surface area contributed by atoms with Crippen LogP contribution < -0.4 is 11.1 Å². The van der Waals surface area contributed by atoms with Crippen LogP contribution in [0.3, 0.4) is 0 Å². The average Bonchev–Trinajstić information content (AvgIpc) is 3.52. The van der Waals surface area contributed by atoms with Gasteiger partial charge in [-0.1, -0.05) is 25.6 Å². The maximum absolute atomic E-state index is 13.0. The van der Waals surface area contributed by atoms with Crippen molar-refractivity contribution in [3.8, 4) is 11.4 Å². The van der Waals surface area contributed by atoms with Gasteiger partial charge in [0.15, 0.2) is 11.0 Å². The number of amides is 2. The van der Waals surface area contributed by atoms with Gasteiger partial charge in [0.25, 0.3) is 5.91 Å². The summed E-state index contributed by atoms with van der Waals surface area (Å²) in [5, 5.41) is 14.8. The highest BCUT2D eigenvalue weighted by atomic mass is 32.2. The molecular weight excluding hydrogens is 543 g/mol. The fourth-order valence-electron chi connectivity index (χ4n) is 4.53. The standard InChI is InChI=1S/C26H33N5O4S3/c1-6-9-31-23(17-11-36-18-10-14(4)7-8-16(17)18)29-30-26(31)37-12-19(32)28-24-20(25(34)35-13(2)3)15(5)21(38-24)22(27)33/h11,13-14H,6-10,12H2,1-5H3,(H2,27,33)(H,28,32). The number of thioether (sulfide) groups is 1. The van der Waals surface area contributed by atoms with E-state index in [0.29, 0.717) is 16.6 Å². The number of ether oxygens (including phenoxy) is 1. The van der Waals surface area contributed by atoms with E-state index in [-0.39, 0.29) is 33.2 Å². The topological polar surface area (TPSA) is 129 Å². The molecule has 0 fully saturated rings. The Hall–Kier alpha value is -2.70. The first-order valence-corrected chi connectivity index (χ1v) is 15.4. The second-order valence-corrected chi connectivity index (χ2v) is 12.7. The van der Waals surface area contributed by atoms with E-state index >= 15 is 0 Å². The number of carbonyl (C=O) groups excluding carboxylic acids is 3. The molecule has 0 aliphatic heterocycles. The molecule has 12 heteroatoms. The van der Waals surface area contributed by atoms with Gasteiger partial charge in [0.2, 0.25) is 5.91 Å². The third-order valence-electron chi connectivity index (χ3n) is 6.31. The molecule has 3 N–H and O–H groups in total. The number of carbonyl (C=O) groups is 3. The molecule has 0 radical (unpaired) electrons. The Kier molecular flexibility index (Phi) is 8.94. The van der Waals surface area contributed by atoms with E-state index in [1.165, 1.54) is 28.6 Å². The second-order valence-electron chi connectivity index (χ2n) is 9.77. The largest absolute Gasteiger partial charge is 0.459 e. The lowest BCUT2D eigenvalue weighted by atomic mass is 9.88. The van der Waals surface area contributed by atoms with E-state index in [2.05, 4.69) is 39.3 Å². The fourth-order valence-corrected chi connectivity index (χ4v) is 7.60. The van der Waals surface area contributed by atoms with Crippen molar-refractivity contribution in [2.75, 3.05) is 11.1 Å². The summed E-state index contributed by atoms with van der Waals surface area (Å²) >= 11 is 4.06. The van der Waals surface area contributed by atoms with Crippen LogP contribution in [0.5, 0.6) is 0 Å². The molecule has 3 aromatic rings. The molecule has 1 aliphatic rings. The summed E-state index contributed by atoms with van der Waals surface area (Å²) in [6.07, 6.45) is 3.88. The number of nitrogens with two attached hydrogens (primary N) is 1. The summed E-state index contributed by atoms with van der Waals surface area (Å²) in [4.78, 5) is 39.2. The number of rotatable bonds is 10. The highest BCUT2D eigenvalue weighted by molar-refractivity contribution is 7.99. The molecule has 1 unspecified atom stereocenters. The molecule has 204 valence electrons. The Morgan fingerprint density at radius 1 is 1.32 bits per heavy atom. The van der Waals surface area contributed by atoms with Crippen molar-refractivity contribution in [1.29, 1.82) is 0 Å². The van der Waals surface area contributed by atoms with Gasteiger partial charge in [0.1, 0.15) is 5.00 Å². The summed E-state index contributed by atoms with van der Waals surface area (Å²) < 4.78 is 7.41. The SMILES string of the molecule is CCCn1c(SCC(=O)Nc2sc(C(N)=O)c(C)c2C(=O)OC(C)C)nnc1-c1csc2c1CCC(C)C2. The lowest BCUT2D eigenvalue weighted by Gasteiger charge is -2.19. The Morgan fingerprint density at radius 2 is 2.08 bits per heavy atom. The van der Waals surface area contributed by atoms with Gasteiger partial charge in [-0.05, 0) is 63.5 Å². The van der Waals surface area contributed by atoms with Crippen molar-refractivity contribution in [3.63, 3.8) is 0 Å². The summed E-state index contributed by atoms with van der Waals surface area (Å²) in [5.74, 6) is 0.00558.